The van der Waals surface area contributed by atoms with Crippen molar-refractivity contribution in [2.45, 2.75) is 105 Å². The van der Waals surface area contributed by atoms with Gasteiger partial charge in [-0.2, -0.15) is 0 Å². The third kappa shape index (κ3) is 40.2. The number of quaternary nitrogens is 5. The first kappa shape index (κ1) is 67.9. The molecule has 0 aliphatic heterocycles. The van der Waals surface area contributed by atoms with Crippen LogP contribution in [0.1, 0.15) is 104 Å². The van der Waals surface area contributed by atoms with Crippen LogP contribution in [0.3, 0.4) is 0 Å². The van der Waals surface area contributed by atoms with Gasteiger partial charge in [0, 0.05) is 0 Å². The summed E-state index contributed by atoms with van der Waals surface area (Å²) in [7, 11) is 8.54. The topological polar surface area (TPSA) is 149 Å². The predicted molar refractivity (Wildman–Crippen MR) is 236 cm³/mol. The molecule has 0 aromatic carbocycles. The number of carboxylic acid groups (broad SMARTS) is 2. The summed E-state index contributed by atoms with van der Waals surface area (Å²) in [4.78, 5) is 19.8. The molecule has 0 bridgehead atoms. The molecule has 0 aliphatic rings. The van der Waals surface area contributed by atoms with Crippen LogP contribution >= 0.6 is 45.2 Å². The van der Waals surface area contributed by atoms with E-state index in [9.17, 15) is 19.8 Å². The molecule has 0 heterocycles. The van der Waals surface area contributed by atoms with E-state index in [1.807, 2.05) is 0 Å². The summed E-state index contributed by atoms with van der Waals surface area (Å²) in [6.07, 6.45) is 0. The van der Waals surface area contributed by atoms with Gasteiger partial charge >= 0.3 is 0 Å². The Morgan fingerprint density at radius 1 is 0.377 bits per heavy atom. The SMILES string of the molecule is CC[N+](C)(CC)CC.CC[N+](C)(CC)CC.CC[N+](C)(CC)CC.CC[N+](C)(CC)CC.CC[N+](C)(CC)CC.O=C([O-])C(I)(I)C(=O)[O-].[O-]B([O-])[O-]. The molecule has 326 valence electrons. The summed E-state index contributed by atoms with van der Waals surface area (Å²) < 4.78 is 4.09. The molecule has 0 N–H and O–H groups in total. The van der Waals surface area contributed by atoms with Crippen molar-refractivity contribution in [2.24, 2.45) is 0 Å². The lowest BCUT2D eigenvalue weighted by atomic mass is 10.3. The molecular formula is C38H90BI2N5O7. The molecule has 0 aromatic rings. The van der Waals surface area contributed by atoms with Gasteiger partial charge in [-0.3, -0.25) is 7.32 Å². The van der Waals surface area contributed by atoms with Gasteiger partial charge in [0.1, 0.15) is 0 Å². The van der Waals surface area contributed by atoms with Crippen molar-refractivity contribution in [2.75, 3.05) is 133 Å². The fourth-order valence-electron chi connectivity index (χ4n) is 3.44. The van der Waals surface area contributed by atoms with Gasteiger partial charge in [0.2, 0.25) is 0 Å². The van der Waals surface area contributed by atoms with Gasteiger partial charge in [0.05, 0.1) is 145 Å². The molecule has 0 atom stereocenters. The number of hydrogen-bond acceptors (Lipinski definition) is 7. The number of halogens is 2. The van der Waals surface area contributed by atoms with E-state index in [1.165, 1.54) is 166 Å². The lowest BCUT2D eigenvalue weighted by Crippen LogP contribution is -2.56. The van der Waals surface area contributed by atoms with Crippen molar-refractivity contribution in [1.29, 1.82) is 0 Å². The lowest BCUT2D eigenvalue weighted by Gasteiger charge is -2.35. The van der Waals surface area contributed by atoms with Crippen LogP contribution in [0, 0.1) is 0 Å². The molecule has 0 saturated heterocycles. The van der Waals surface area contributed by atoms with Crippen molar-refractivity contribution in [1.82, 2.24) is 0 Å². The summed E-state index contributed by atoms with van der Waals surface area (Å²) >= 11 is 2.44. The minimum Gasteiger partial charge on any atom is -0.907 e. The first-order valence-corrected chi connectivity index (χ1v) is 22.1. The predicted octanol–water partition coefficient (Wildman–Crippen LogP) is 1.57. The summed E-state index contributed by atoms with van der Waals surface area (Å²) in [5, 5.41) is 45.1. The minimum absolute atomic E-state index is 1.21. The molecule has 0 radical (unpaired) electrons. The van der Waals surface area contributed by atoms with Crippen molar-refractivity contribution >= 4 is 64.4 Å². The Labute approximate surface area is 358 Å². The molecule has 0 amide bonds. The molecular weight excluding hydrogens is 903 g/mol. The Bertz CT molecular complexity index is 660. The molecule has 15 heteroatoms. The third-order valence-corrected chi connectivity index (χ3v) is 13.7. The minimum atomic E-state index is -2.92. The zero-order valence-corrected chi connectivity index (χ0v) is 42.8. The van der Waals surface area contributed by atoms with Crippen LogP contribution in [0.5, 0.6) is 0 Å². The van der Waals surface area contributed by atoms with E-state index in [1.54, 1.807) is 0 Å². The number of aliphatic carboxylic acids is 2. The number of hydrogen-bond donors (Lipinski definition) is 0. The summed E-state index contributed by atoms with van der Waals surface area (Å²) in [5.41, 5.74) is 0. The molecule has 0 aromatic heterocycles. The summed E-state index contributed by atoms with van der Waals surface area (Å²) in [6, 6.07) is 0. The highest BCUT2D eigenvalue weighted by atomic mass is 127. The normalized spacial score (nSPS) is 11.4. The average molecular weight is 994 g/mol. The van der Waals surface area contributed by atoms with Gasteiger partial charge in [0.25, 0.3) is 0 Å². The maximum absolute atomic E-state index is 9.92. The fraction of sp³-hybridized carbons (Fsp3) is 0.947. The van der Waals surface area contributed by atoms with Crippen LogP contribution in [0.4, 0.5) is 0 Å². The maximum Gasteiger partial charge on any atom is 0.151 e. The standard InChI is InChI=1S/5C7H18N.C3H2I2O4.BO3/c5*1-5-8(4,6-2)7-3;4-3(5,1(6)7)2(8)9;2-1(3)4/h5*5-7H2,1-4H3;(H,6,7)(H,8,9);/q5*+1;;-3/p-2. The van der Waals surface area contributed by atoms with Crippen LogP contribution in [0.2, 0.25) is 0 Å². The van der Waals surface area contributed by atoms with Crippen LogP contribution < -0.4 is 25.3 Å². The molecule has 0 unspecified atom stereocenters. The number of alkyl halides is 2. The van der Waals surface area contributed by atoms with Crippen molar-refractivity contribution in [3.05, 3.63) is 0 Å². The van der Waals surface area contributed by atoms with E-state index in [4.69, 9.17) is 15.1 Å². The number of rotatable bonds is 17. The Hall–Kier alpha value is 0.145. The molecule has 53 heavy (non-hydrogen) atoms. The van der Waals surface area contributed by atoms with Gasteiger partial charge in [-0.1, -0.05) is 45.2 Å². The zero-order chi connectivity index (χ0) is 44.3. The molecule has 12 nitrogen and oxygen atoms in total. The van der Waals surface area contributed by atoms with Crippen molar-refractivity contribution in [3.8, 4) is 0 Å². The Morgan fingerprint density at radius 2 is 0.453 bits per heavy atom. The summed E-state index contributed by atoms with van der Waals surface area (Å²) in [6.45, 7) is 52.5. The van der Waals surface area contributed by atoms with Gasteiger partial charge in [0.15, 0.2) is 1.43 Å². The van der Waals surface area contributed by atoms with Crippen LogP contribution in [-0.2, 0) is 9.59 Å². The number of carboxylic acids is 2. The lowest BCUT2D eigenvalue weighted by molar-refractivity contribution is -0.904. The second kappa shape index (κ2) is 37.7. The molecule has 0 saturated carbocycles. The zero-order valence-electron chi connectivity index (χ0n) is 38.5. The molecule has 0 rings (SSSR count). The Kier molecular flexibility index (Phi) is 48.3. The monoisotopic (exact) mass is 994 g/mol. The van der Waals surface area contributed by atoms with E-state index in [0.717, 1.165) is 0 Å². The Morgan fingerprint density at radius 3 is 0.453 bits per heavy atom. The average Bonchev–Trinajstić information content (AvgIpc) is 3.17. The Balaban J connectivity index is -0.0000000939. The first-order chi connectivity index (χ1) is 24.0. The van der Waals surface area contributed by atoms with Crippen LogP contribution in [0.25, 0.3) is 0 Å². The third-order valence-electron chi connectivity index (χ3n) is 12.0. The largest absolute Gasteiger partial charge is 0.907 e. The van der Waals surface area contributed by atoms with Crippen LogP contribution in [0.15, 0.2) is 0 Å². The number of nitrogens with zero attached hydrogens (tertiary/aromatic N) is 5. The van der Waals surface area contributed by atoms with Gasteiger partial charge in [-0.15, -0.1) is 0 Å². The maximum atomic E-state index is 9.92. The molecule has 0 spiro atoms. The molecule has 0 aliphatic carbocycles. The fourth-order valence-corrected chi connectivity index (χ4v) is 3.44. The van der Waals surface area contributed by atoms with Gasteiger partial charge in [-0.05, 0) is 104 Å². The van der Waals surface area contributed by atoms with Crippen molar-refractivity contribution < 1.29 is 57.3 Å². The number of carbonyl (C=O) groups excluding carboxylic acids is 2. The quantitative estimate of drug-likeness (QED) is 0.0707. The van der Waals surface area contributed by atoms with E-state index >= 15 is 0 Å². The van der Waals surface area contributed by atoms with E-state index in [2.05, 4.69) is 139 Å². The first-order valence-electron chi connectivity index (χ1n) is 20.0. The van der Waals surface area contributed by atoms with Gasteiger partial charge in [-0.25, -0.2) is 0 Å². The van der Waals surface area contributed by atoms with E-state index in [0.29, 0.717) is 0 Å². The van der Waals surface area contributed by atoms with Crippen molar-refractivity contribution in [3.63, 3.8) is 0 Å². The van der Waals surface area contributed by atoms with Crippen LogP contribution in [-0.4, -0.2) is 177 Å². The number of carbonyl (C=O) groups is 2. The van der Waals surface area contributed by atoms with Gasteiger partial charge < -0.3 is 57.3 Å². The van der Waals surface area contributed by atoms with E-state index < -0.39 is 20.7 Å². The highest BCUT2D eigenvalue weighted by molar-refractivity contribution is 14.2. The summed E-state index contributed by atoms with van der Waals surface area (Å²) in [5.74, 6) is -3.33. The second-order valence-corrected chi connectivity index (χ2v) is 19.6. The highest BCUT2D eigenvalue weighted by Crippen LogP contribution is 2.25. The van der Waals surface area contributed by atoms with E-state index in [-0.39, 0.29) is 0 Å². The highest BCUT2D eigenvalue weighted by Gasteiger charge is 2.25. The molecule has 0 fully saturated rings. The second-order valence-electron chi connectivity index (χ2n) is 14.3. The smallest absolute Gasteiger partial charge is 0.151 e.